The normalized spacial score (nSPS) is 14.0. The van der Waals surface area contributed by atoms with E-state index in [1.54, 1.807) is 27.7 Å². The van der Waals surface area contributed by atoms with Crippen LogP contribution in [0, 0.1) is 45.8 Å². The maximum atomic E-state index is 11.9. The fourth-order valence-corrected chi connectivity index (χ4v) is 1.37. The molecule has 0 aliphatic rings. The van der Waals surface area contributed by atoms with Crippen molar-refractivity contribution < 1.29 is 19.7 Å². The summed E-state index contributed by atoms with van der Waals surface area (Å²) in [4.78, 5) is 11.9. The van der Waals surface area contributed by atoms with Crippen LogP contribution in [-0.4, -0.2) is 29.1 Å². The van der Waals surface area contributed by atoms with E-state index in [2.05, 4.69) is 23.7 Å². The summed E-state index contributed by atoms with van der Waals surface area (Å²) in [5.74, 6) is 7.52. The van der Waals surface area contributed by atoms with E-state index in [-0.39, 0.29) is 11.3 Å². The third kappa shape index (κ3) is 5.90. The third-order valence-electron chi connectivity index (χ3n) is 4.57. The smallest absolute Gasteiger partial charge is 0.312 e. The molecule has 0 saturated carbocycles. The number of hydrogen-bond acceptors (Lipinski definition) is 4. The summed E-state index contributed by atoms with van der Waals surface area (Å²) >= 11 is 0. The lowest BCUT2D eigenvalue weighted by atomic mass is 9.68. The molecule has 130 valence electrons. The minimum Gasteiger partial charge on any atom is -0.469 e. The van der Waals surface area contributed by atoms with E-state index in [1.165, 1.54) is 7.11 Å². The highest BCUT2D eigenvalue weighted by Crippen LogP contribution is 2.39. The monoisotopic (exact) mass is 322 g/mol. The molecule has 0 aliphatic carbocycles. The van der Waals surface area contributed by atoms with E-state index < -0.39 is 22.6 Å². The highest BCUT2D eigenvalue weighted by Gasteiger charge is 2.43. The summed E-state index contributed by atoms with van der Waals surface area (Å²) in [5.41, 5.74) is -1.80. The van der Waals surface area contributed by atoms with Crippen molar-refractivity contribution in [3.8, 4) is 23.7 Å². The summed E-state index contributed by atoms with van der Waals surface area (Å²) in [7, 11) is 1.31. The lowest BCUT2D eigenvalue weighted by Crippen LogP contribution is -2.40. The molecule has 0 aromatic rings. The molecule has 0 heterocycles. The average molecular weight is 322 g/mol. The standard InChI is InChI=1S/C19H30O4/c1-14(16(2,3)4)10-11-19(21,22)13-12-17(5,6)18(7,8)15(20)23-9/h14,21-22H,1-9H3. The number of rotatable bonds is 2. The zero-order valence-corrected chi connectivity index (χ0v) is 15.8. The average Bonchev–Trinajstić information content (AvgIpc) is 2.40. The molecule has 23 heavy (non-hydrogen) atoms. The van der Waals surface area contributed by atoms with Gasteiger partial charge in [0.25, 0.3) is 5.79 Å². The van der Waals surface area contributed by atoms with Crippen molar-refractivity contribution in [1.29, 1.82) is 0 Å². The minimum atomic E-state index is -2.41. The Morgan fingerprint density at radius 2 is 1.43 bits per heavy atom. The van der Waals surface area contributed by atoms with Crippen LogP contribution in [0.3, 0.4) is 0 Å². The van der Waals surface area contributed by atoms with Crippen LogP contribution in [-0.2, 0) is 9.53 Å². The molecule has 0 aromatic carbocycles. The minimum absolute atomic E-state index is 0.0255. The molecule has 1 unspecified atom stereocenters. The van der Waals surface area contributed by atoms with Gasteiger partial charge < -0.3 is 14.9 Å². The molecule has 0 aliphatic heterocycles. The van der Waals surface area contributed by atoms with Gasteiger partial charge in [0.1, 0.15) is 0 Å². The highest BCUT2D eigenvalue weighted by atomic mass is 16.5. The highest BCUT2D eigenvalue weighted by molar-refractivity contribution is 5.77. The molecule has 0 amide bonds. The van der Waals surface area contributed by atoms with Crippen LogP contribution in [0.2, 0.25) is 0 Å². The number of carbonyl (C=O) groups excluding carboxylic acids is 1. The SMILES string of the molecule is COC(=O)C(C)(C)C(C)(C)C#CC(O)(O)C#CC(C)C(C)(C)C. The Labute approximate surface area is 140 Å². The van der Waals surface area contributed by atoms with Crippen molar-refractivity contribution in [3.05, 3.63) is 0 Å². The molecule has 0 spiro atoms. The molecule has 0 fully saturated rings. The fraction of sp³-hybridized carbons (Fsp3) is 0.737. The molecule has 0 saturated heterocycles. The van der Waals surface area contributed by atoms with E-state index >= 15 is 0 Å². The van der Waals surface area contributed by atoms with E-state index in [9.17, 15) is 15.0 Å². The van der Waals surface area contributed by atoms with Gasteiger partial charge >= 0.3 is 5.97 Å². The maximum absolute atomic E-state index is 11.9. The van der Waals surface area contributed by atoms with Crippen LogP contribution in [0.25, 0.3) is 0 Å². The van der Waals surface area contributed by atoms with Gasteiger partial charge in [0.2, 0.25) is 0 Å². The largest absolute Gasteiger partial charge is 0.469 e. The van der Waals surface area contributed by atoms with E-state index in [0.717, 1.165) is 0 Å². The van der Waals surface area contributed by atoms with Crippen LogP contribution >= 0.6 is 0 Å². The van der Waals surface area contributed by atoms with Gasteiger partial charge in [-0.1, -0.05) is 39.5 Å². The van der Waals surface area contributed by atoms with E-state index in [4.69, 9.17) is 4.74 Å². The fourth-order valence-electron chi connectivity index (χ4n) is 1.37. The second kappa shape index (κ2) is 6.95. The van der Waals surface area contributed by atoms with Gasteiger partial charge in [0, 0.05) is 11.3 Å². The van der Waals surface area contributed by atoms with Crippen LogP contribution < -0.4 is 0 Å². The first-order chi connectivity index (χ1) is 10.1. The molecule has 0 rings (SSSR count). The predicted octanol–water partition coefficient (Wildman–Crippen LogP) is 2.58. The quantitative estimate of drug-likeness (QED) is 0.466. The van der Waals surface area contributed by atoms with E-state index in [1.807, 2.05) is 27.7 Å². The second-order valence-electron chi connectivity index (χ2n) is 8.02. The Balaban J connectivity index is 5.47. The number of hydrogen-bond donors (Lipinski definition) is 2. The number of esters is 1. The Morgan fingerprint density at radius 1 is 0.957 bits per heavy atom. The Kier molecular flexibility index (Phi) is 6.50. The molecule has 0 aromatic heterocycles. The first kappa shape index (κ1) is 21.5. The van der Waals surface area contributed by atoms with Gasteiger partial charge in [-0.15, -0.1) is 0 Å². The van der Waals surface area contributed by atoms with Gasteiger partial charge in [-0.3, -0.25) is 4.79 Å². The van der Waals surface area contributed by atoms with Crippen LogP contribution in [0.5, 0.6) is 0 Å². The Morgan fingerprint density at radius 3 is 1.83 bits per heavy atom. The van der Waals surface area contributed by atoms with Gasteiger partial charge in [-0.25, -0.2) is 0 Å². The van der Waals surface area contributed by atoms with Gasteiger partial charge in [-0.05, 0) is 45.0 Å². The van der Waals surface area contributed by atoms with Crippen molar-refractivity contribution in [3.63, 3.8) is 0 Å². The van der Waals surface area contributed by atoms with E-state index in [0.29, 0.717) is 0 Å². The third-order valence-corrected chi connectivity index (χ3v) is 4.57. The topological polar surface area (TPSA) is 66.8 Å². The maximum Gasteiger partial charge on any atom is 0.312 e. The van der Waals surface area contributed by atoms with Crippen molar-refractivity contribution in [2.24, 2.45) is 22.2 Å². The Bertz CT molecular complexity index is 554. The zero-order chi connectivity index (χ0) is 18.7. The summed E-state index contributed by atoms with van der Waals surface area (Å²) in [6.45, 7) is 14.9. The second-order valence-corrected chi connectivity index (χ2v) is 8.02. The van der Waals surface area contributed by atoms with Crippen LogP contribution in [0.15, 0.2) is 0 Å². The summed E-state index contributed by atoms with van der Waals surface area (Å²) in [6.07, 6.45) is 0. The van der Waals surface area contributed by atoms with Crippen molar-refractivity contribution in [2.75, 3.05) is 7.11 Å². The van der Waals surface area contributed by atoms with Gasteiger partial charge in [0.15, 0.2) is 0 Å². The summed E-state index contributed by atoms with van der Waals surface area (Å²) < 4.78 is 4.79. The Hall–Kier alpha value is -1.49. The first-order valence-corrected chi connectivity index (χ1v) is 7.67. The number of methoxy groups -OCH3 is 1. The molecule has 4 nitrogen and oxygen atoms in total. The van der Waals surface area contributed by atoms with Gasteiger partial charge in [0.05, 0.1) is 12.5 Å². The number of aliphatic hydroxyl groups is 2. The van der Waals surface area contributed by atoms with Gasteiger partial charge in [-0.2, -0.15) is 0 Å². The zero-order valence-electron chi connectivity index (χ0n) is 15.8. The van der Waals surface area contributed by atoms with Crippen molar-refractivity contribution in [2.45, 2.75) is 61.2 Å². The van der Waals surface area contributed by atoms with Crippen molar-refractivity contribution >= 4 is 5.97 Å². The molecule has 0 radical (unpaired) electrons. The molecular weight excluding hydrogens is 292 g/mol. The summed E-state index contributed by atoms with van der Waals surface area (Å²) in [6, 6.07) is 0. The van der Waals surface area contributed by atoms with Crippen LogP contribution in [0.1, 0.15) is 55.4 Å². The molecule has 1 atom stereocenters. The molecule has 2 N–H and O–H groups in total. The molecular formula is C19H30O4. The lowest BCUT2D eigenvalue weighted by Gasteiger charge is -2.34. The first-order valence-electron chi connectivity index (χ1n) is 7.67. The lowest BCUT2D eigenvalue weighted by molar-refractivity contribution is -0.155. The molecule has 4 heteroatoms. The van der Waals surface area contributed by atoms with Crippen molar-refractivity contribution in [1.82, 2.24) is 0 Å². The summed E-state index contributed by atoms with van der Waals surface area (Å²) in [5, 5.41) is 19.9. The predicted molar refractivity (Wildman–Crippen MR) is 90.9 cm³/mol. The molecule has 0 bridgehead atoms. The number of carbonyl (C=O) groups is 1. The number of ether oxygens (including phenoxy) is 1. The van der Waals surface area contributed by atoms with Crippen LogP contribution in [0.4, 0.5) is 0 Å².